The van der Waals surface area contributed by atoms with E-state index in [2.05, 4.69) is 55.6 Å². The summed E-state index contributed by atoms with van der Waals surface area (Å²) in [5.74, 6) is 1.72. The van der Waals surface area contributed by atoms with Crippen molar-refractivity contribution in [2.24, 2.45) is 10.9 Å². The van der Waals surface area contributed by atoms with E-state index in [0.717, 1.165) is 31.4 Å². The van der Waals surface area contributed by atoms with Crippen molar-refractivity contribution >= 4 is 17.3 Å². The van der Waals surface area contributed by atoms with Gasteiger partial charge in [0.15, 0.2) is 5.96 Å². The summed E-state index contributed by atoms with van der Waals surface area (Å²) in [6, 6.07) is 0.607. The monoisotopic (exact) mass is 308 g/mol. The van der Waals surface area contributed by atoms with Gasteiger partial charge < -0.3 is 10.6 Å². The molecule has 2 unspecified atom stereocenters. The van der Waals surface area contributed by atoms with Crippen LogP contribution < -0.4 is 10.6 Å². The first-order valence-corrected chi connectivity index (χ1v) is 8.78. The maximum atomic E-state index is 4.72. The van der Waals surface area contributed by atoms with E-state index in [1.807, 2.05) is 0 Å². The number of rotatable bonds is 5. The van der Waals surface area contributed by atoms with E-state index >= 15 is 0 Å². The van der Waals surface area contributed by atoms with Gasteiger partial charge in [-0.15, -0.1) is 11.3 Å². The Hall–Kier alpha value is -1.10. The zero-order chi connectivity index (χ0) is 15.5. The summed E-state index contributed by atoms with van der Waals surface area (Å²) < 4.78 is 0. The fraction of sp³-hybridized carbons (Fsp3) is 0.750. The Bertz CT molecular complexity index is 487. The van der Waals surface area contributed by atoms with Crippen LogP contribution in [0, 0.1) is 5.92 Å². The van der Waals surface area contributed by atoms with E-state index in [0.29, 0.717) is 6.04 Å². The molecule has 2 N–H and O–H groups in total. The van der Waals surface area contributed by atoms with Crippen molar-refractivity contribution in [3.63, 3.8) is 0 Å². The van der Waals surface area contributed by atoms with E-state index in [1.54, 1.807) is 11.3 Å². The van der Waals surface area contributed by atoms with Gasteiger partial charge in [0.1, 0.15) is 0 Å². The van der Waals surface area contributed by atoms with Crippen LogP contribution >= 0.6 is 11.3 Å². The highest BCUT2D eigenvalue weighted by Gasteiger charge is 2.33. The van der Waals surface area contributed by atoms with Crippen LogP contribution in [0.2, 0.25) is 0 Å². The van der Waals surface area contributed by atoms with Gasteiger partial charge in [-0.1, -0.05) is 27.7 Å². The third-order valence-corrected chi connectivity index (χ3v) is 4.60. The molecule has 5 heteroatoms. The maximum absolute atomic E-state index is 4.72. The molecule has 0 aliphatic heterocycles. The Morgan fingerprint density at radius 3 is 2.71 bits per heavy atom. The van der Waals surface area contributed by atoms with E-state index < -0.39 is 0 Å². The van der Waals surface area contributed by atoms with E-state index in [9.17, 15) is 0 Å². The average Bonchev–Trinajstić information content (AvgIpc) is 2.90. The first-order valence-electron chi connectivity index (χ1n) is 7.90. The molecule has 0 amide bonds. The molecule has 0 aromatic carbocycles. The number of aromatic nitrogens is 1. The molecule has 4 nitrogen and oxygen atoms in total. The van der Waals surface area contributed by atoms with Gasteiger partial charge in [-0.3, -0.25) is 4.99 Å². The molecule has 0 saturated heterocycles. The maximum Gasteiger partial charge on any atom is 0.191 e. The highest BCUT2D eigenvalue weighted by molar-refractivity contribution is 7.09. The van der Waals surface area contributed by atoms with Crippen molar-refractivity contribution in [2.45, 2.75) is 58.9 Å². The lowest BCUT2D eigenvalue weighted by atomic mass is 9.93. The number of thiazole rings is 1. The summed E-state index contributed by atoms with van der Waals surface area (Å²) >= 11 is 1.75. The number of hydrogen-bond donors (Lipinski definition) is 2. The number of guanidine groups is 1. The molecule has 2 atom stereocenters. The quantitative estimate of drug-likeness (QED) is 0.649. The Morgan fingerprint density at radius 1 is 1.48 bits per heavy atom. The van der Waals surface area contributed by atoms with Gasteiger partial charge in [0.05, 0.1) is 10.7 Å². The fourth-order valence-corrected chi connectivity index (χ4v) is 3.07. The Kier molecular flexibility index (Phi) is 5.25. The van der Waals surface area contributed by atoms with Crippen molar-refractivity contribution in [2.75, 3.05) is 13.1 Å². The summed E-state index contributed by atoms with van der Waals surface area (Å²) in [6.07, 6.45) is 2.17. The number of hydrogen-bond acceptors (Lipinski definition) is 3. The predicted molar refractivity (Wildman–Crippen MR) is 91.2 cm³/mol. The van der Waals surface area contributed by atoms with Gasteiger partial charge in [0.2, 0.25) is 0 Å². The second kappa shape index (κ2) is 6.77. The Labute approximate surface area is 132 Å². The zero-order valence-corrected chi connectivity index (χ0v) is 14.7. The fourth-order valence-electron chi connectivity index (χ4n) is 2.05. The van der Waals surface area contributed by atoms with Crippen molar-refractivity contribution in [1.82, 2.24) is 15.6 Å². The SMILES string of the molecule is CCNC(=NCCc1nc(C(C)(C)C)cs1)NC1CC1C. The lowest BCUT2D eigenvalue weighted by Gasteiger charge is -2.14. The van der Waals surface area contributed by atoms with Crippen LogP contribution in [0.3, 0.4) is 0 Å². The summed E-state index contributed by atoms with van der Waals surface area (Å²) in [5, 5.41) is 10.1. The molecule has 1 aliphatic rings. The molecule has 1 aliphatic carbocycles. The van der Waals surface area contributed by atoms with Gasteiger partial charge in [-0.2, -0.15) is 0 Å². The first kappa shape index (κ1) is 16.3. The standard InChI is InChI=1S/C16H28N4S/c1-6-17-15(19-12-9-11(12)2)18-8-7-14-20-13(10-21-14)16(3,4)5/h10-12H,6-9H2,1-5H3,(H2,17,18,19). The highest BCUT2D eigenvalue weighted by atomic mass is 32.1. The number of aliphatic imine (C=N–C) groups is 1. The minimum atomic E-state index is 0.136. The molecule has 0 bridgehead atoms. The van der Waals surface area contributed by atoms with E-state index in [-0.39, 0.29) is 5.41 Å². The van der Waals surface area contributed by atoms with Crippen LogP contribution in [0.5, 0.6) is 0 Å². The molecule has 0 radical (unpaired) electrons. The van der Waals surface area contributed by atoms with Crippen LogP contribution in [0.4, 0.5) is 0 Å². The Morgan fingerprint density at radius 2 is 2.19 bits per heavy atom. The van der Waals surface area contributed by atoms with Gasteiger partial charge >= 0.3 is 0 Å². The van der Waals surface area contributed by atoms with Crippen molar-refractivity contribution in [3.05, 3.63) is 16.1 Å². The molecular weight excluding hydrogens is 280 g/mol. The lowest BCUT2D eigenvalue weighted by Crippen LogP contribution is -2.39. The molecule has 1 saturated carbocycles. The lowest BCUT2D eigenvalue weighted by molar-refractivity contribution is 0.571. The molecule has 1 aromatic rings. The molecule has 2 rings (SSSR count). The van der Waals surface area contributed by atoms with Gasteiger partial charge in [-0.25, -0.2) is 4.98 Å². The van der Waals surface area contributed by atoms with E-state index in [4.69, 9.17) is 4.98 Å². The summed E-state index contributed by atoms with van der Waals surface area (Å²) in [4.78, 5) is 9.37. The van der Waals surface area contributed by atoms with Gasteiger partial charge in [0.25, 0.3) is 0 Å². The van der Waals surface area contributed by atoms with E-state index in [1.165, 1.54) is 17.1 Å². The molecular formula is C16H28N4S. The second-order valence-electron chi connectivity index (χ2n) is 6.85. The smallest absolute Gasteiger partial charge is 0.191 e. The average molecular weight is 308 g/mol. The molecule has 118 valence electrons. The van der Waals surface area contributed by atoms with Crippen molar-refractivity contribution < 1.29 is 0 Å². The third-order valence-electron chi connectivity index (χ3n) is 3.69. The van der Waals surface area contributed by atoms with Crippen LogP contribution in [0.15, 0.2) is 10.4 Å². The minimum absolute atomic E-state index is 0.136. The van der Waals surface area contributed by atoms with Crippen LogP contribution in [-0.4, -0.2) is 30.1 Å². The second-order valence-corrected chi connectivity index (χ2v) is 7.79. The van der Waals surface area contributed by atoms with Crippen LogP contribution in [0.1, 0.15) is 51.7 Å². The molecule has 1 aromatic heterocycles. The van der Waals surface area contributed by atoms with Gasteiger partial charge in [-0.05, 0) is 19.3 Å². The highest BCUT2D eigenvalue weighted by Crippen LogP contribution is 2.28. The zero-order valence-electron chi connectivity index (χ0n) is 13.9. The molecule has 1 fully saturated rings. The normalized spacial score (nSPS) is 22.2. The number of nitrogens with one attached hydrogen (secondary N) is 2. The topological polar surface area (TPSA) is 49.3 Å². The van der Waals surface area contributed by atoms with Crippen LogP contribution in [-0.2, 0) is 11.8 Å². The van der Waals surface area contributed by atoms with Crippen molar-refractivity contribution in [3.8, 4) is 0 Å². The molecule has 0 spiro atoms. The first-order chi connectivity index (χ1) is 9.90. The van der Waals surface area contributed by atoms with Crippen LogP contribution in [0.25, 0.3) is 0 Å². The number of nitrogens with zero attached hydrogens (tertiary/aromatic N) is 2. The van der Waals surface area contributed by atoms with Crippen molar-refractivity contribution in [1.29, 1.82) is 0 Å². The van der Waals surface area contributed by atoms with Gasteiger partial charge in [0, 0.05) is 36.3 Å². The summed E-state index contributed by atoms with van der Waals surface area (Å²) in [5.41, 5.74) is 1.32. The predicted octanol–water partition coefficient (Wildman–Crippen LogP) is 2.95. The minimum Gasteiger partial charge on any atom is -0.357 e. The largest absolute Gasteiger partial charge is 0.357 e. The Balaban J connectivity index is 1.85. The summed E-state index contributed by atoms with van der Waals surface area (Å²) in [7, 11) is 0. The molecule has 21 heavy (non-hydrogen) atoms. The summed E-state index contributed by atoms with van der Waals surface area (Å²) in [6.45, 7) is 12.7. The molecule has 1 heterocycles. The third kappa shape index (κ3) is 4.99.